The van der Waals surface area contributed by atoms with Gasteiger partial charge in [-0.25, -0.2) is 4.68 Å². The maximum atomic E-state index is 12.6. The van der Waals surface area contributed by atoms with Gasteiger partial charge >= 0.3 is 0 Å². The highest BCUT2D eigenvalue weighted by atomic mass is 16.1. The van der Waals surface area contributed by atoms with Crippen LogP contribution >= 0.6 is 0 Å². The molecule has 0 aliphatic heterocycles. The minimum atomic E-state index is -0.0592. The Morgan fingerprint density at radius 3 is 2.71 bits per heavy atom. The van der Waals surface area contributed by atoms with E-state index in [1.54, 1.807) is 0 Å². The third kappa shape index (κ3) is 3.51. The Bertz CT molecular complexity index is 703. The number of carbonyl (C=O) groups is 1. The summed E-state index contributed by atoms with van der Waals surface area (Å²) in [5.41, 5.74) is 10.7. The van der Waals surface area contributed by atoms with E-state index < -0.39 is 0 Å². The first-order valence-corrected chi connectivity index (χ1v) is 8.87. The first-order chi connectivity index (χ1) is 11.7. The first kappa shape index (κ1) is 16.7. The van der Waals surface area contributed by atoms with Crippen LogP contribution in [0.2, 0.25) is 0 Å². The summed E-state index contributed by atoms with van der Waals surface area (Å²) in [6.45, 7) is 3.39. The molecule has 0 radical (unpaired) electrons. The average Bonchev–Trinajstić information content (AvgIpc) is 2.99. The molecule has 1 aromatic carbocycles. The van der Waals surface area contributed by atoms with Crippen molar-refractivity contribution in [3.05, 3.63) is 46.8 Å². The first-order valence-electron chi connectivity index (χ1n) is 8.87. The van der Waals surface area contributed by atoms with Crippen LogP contribution in [0, 0.1) is 6.92 Å². The van der Waals surface area contributed by atoms with Gasteiger partial charge in [0, 0.05) is 17.8 Å². The number of rotatable bonds is 6. The zero-order valence-electron chi connectivity index (χ0n) is 14.3. The largest absolute Gasteiger partial charge is 0.351 e. The van der Waals surface area contributed by atoms with E-state index in [0.717, 1.165) is 49.8 Å². The van der Waals surface area contributed by atoms with Gasteiger partial charge in [0.05, 0.1) is 5.69 Å². The highest BCUT2D eigenvalue weighted by molar-refractivity contribution is 5.94. The second kappa shape index (κ2) is 7.62. The minimum absolute atomic E-state index is 0.0592. The van der Waals surface area contributed by atoms with Crippen molar-refractivity contribution in [2.24, 2.45) is 5.73 Å². The van der Waals surface area contributed by atoms with Gasteiger partial charge in [0.15, 0.2) is 5.69 Å². The lowest BCUT2D eigenvalue weighted by molar-refractivity contribution is 0.0946. The molecule has 24 heavy (non-hydrogen) atoms. The Kier molecular flexibility index (Phi) is 5.30. The SMILES string of the molecule is Cc1ccc(-n2nc(C(=O)NCCCCN)c3c2CCCC3)cc1. The summed E-state index contributed by atoms with van der Waals surface area (Å²) in [7, 11) is 0. The molecule has 0 atom stereocenters. The standard InChI is InChI=1S/C19H26N4O/c1-14-8-10-15(11-9-14)23-17-7-3-2-6-16(17)18(22-23)19(24)21-13-5-4-12-20/h8-11H,2-7,12-13,20H2,1H3,(H,21,24). The number of fused-ring (bicyclic) bond motifs is 1. The molecule has 1 aromatic heterocycles. The van der Waals surface area contributed by atoms with Gasteiger partial charge in [0.25, 0.3) is 5.91 Å². The van der Waals surface area contributed by atoms with Crippen LogP contribution in [0.4, 0.5) is 0 Å². The Morgan fingerprint density at radius 2 is 1.96 bits per heavy atom. The van der Waals surface area contributed by atoms with Gasteiger partial charge in [-0.15, -0.1) is 0 Å². The molecular formula is C19H26N4O. The zero-order chi connectivity index (χ0) is 16.9. The number of hydrogen-bond donors (Lipinski definition) is 2. The van der Waals surface area contributed by atoms with Crippen LogP contribution in [0.15, 0.2) is 24.3 Å². The Balaban J connectivity index is 1.87. The third-order valence-electron chi connectivity index (χ3n) is 4.59. The van der Waals surface area contributed by atoms with E-state index in [2.05, 4.69) is 41.6 Å². The summed E-state index contributed by atoms with van der Waals surface area (Å²) in [5, 5.41) is 7.66. The number of hydrogen-bond acceptors (Lipinski definition) is 3. The van der Waals surface area contributed by atoms with Crippen LogP contribution in [-0.2, 0) is 12.8 Å². The smallest absolute Gasteiger partial charge is 0.272 e. The highest BCUT2D eigenvalue weighted by Gasteiger charge is 2.25. The molecule has 1 heterocycles. The number of aromatic nitrogens is 2. The number of unbranched alkanes of at least 4 members (excludes halogenated alkanes) is 1. The molecule has 3 rings (SSSR count). The molecule has 0 fully saturated rings. The van der Waals surface area contributed by atoms with Crippen molar-refractivity contribution in [1.82, 2.24) is 15.1 Å². The topological polar surface area (TPSA) is 72.9 Å². The fraction of sp³-hybridized carbons (Fsp3) is 0.474. The molecule has 0 unspecified atom stereocenters. The zero-order valence-corrected chi connectivity index (χ0v) is 14.3. The summed E-state index contributed by atoms with van der Waals surface area (Å²) in [6.07, 6.45) is 6.03. The van der Waals surface area contributed by atoms with E-state index in [1.165, 1.54) is 11.3 Å². The highest BCUT2D eigenvalue weighted by Crippen LogP contribution is 2.27. The molecule has 1 amide bonds. The van der Waals surface area contributed by atoms with E-state index in [9.17, 15) is 4.79 Å². The minimum Gasteiger partial charge on any atom is -0.351 e. The number of nitrogens with one attached hydrogen (secondary N) is 1. The predicted molar refractivity (Wildman–Crippen MR) is 95.6 cm³/mol. The average molecular weight is 326 g/mol. The quantitative estimate of drug-likeness (QED) is 0.801. The molecule has 0 saturated carbocycles. The Hall–Kier alpha value is -2.14. The molecule has 0 bridgehead atoms. The van der Waals surface area contributed by atoms with Crippen molar-refractivity contribution >= 4 is 5.91 Å². The van der Waals surface area contributed by atoms with Crippen molar-refractivity contribution in [3.63, 3.8) is 0 Å². The van der Waals surface area contributed by atoms with Crippen molar-refractivity contribution in [2.75, 3.05) is 13.1 Å². The number of amides is 1. The van der Waals surface area contributed by atoms with E-state index in [1.807, 2.05) is 4.68 Å². The lowest BCUT2D eigenvalue weighted by atomic mass is 9.95. The maximum absolute atomic E-state index is 12.6. The van der Waals surface area contributed by atoms with Crippen molar-refractivity contribution in [1.29, 1.82) is 0 Å². The summed E-state index contributed by atoms with van der Waals surface area (Å²) >= 11 is 0. The predicted octanol–water partition coefficient (Wildman–Crippen LogP) is 2.53. The van der Waals surface area contributed by atoms with Gasteiger partial charge < -0.3 is 11.1 Å². The second-order valence-corrected chi connectivity index (χ2v) is 6.48. The maximum Gasteiger partial charge on any atom is 0.272 e. The fourth-order valence-corrected chi connectivity index (χ4v) is 3.24. The Labute approximate surface area is 143 Å². The van der Waals surface area contributed by atoms with E-state index >= 15 is 0 Å². The van der Waals surface area contributed by atoms with Crippen molar-refractivity contribution in [2.45, 2.75) is 45.4 Å². The molecule has 5 heteroatoms. The molecule has 0 spiro atoms. The van der Waals surface area contributed by atoms with Gasteiger partial charge in [-0.3, -0.25) is 4.79 Å². The molecular weight excluding hydrogens is 300 g/mol. The fourth-order valence-electron chi connectivity index (χ4n) is 3.24. The van der Waals surface area contributed by atoms with Crippen molar-refractivity contribution < 1.29 is 4.79 Å². The van der Waals surface area contributed by atoms with Crippen LogP contribution in [-0.4, -0.2) is 28.8 Å². The number of nitrogens with two attached hydrogens (primary N) is 1. The number of benzene rings is 1. The summed E-state index contributed by atoms with van der Waals surface area (Å²) in [6, 6.07) is 8.30. The lowest BCUT2D eigenvalue weighted by Gasteiger charge is -2.14. The molecule has 1 aliphatic rings. The second-order valence-electron chi connectivity index (χ2n) is 6.48. The summed E-state index contributed by atoms with van der Waals surface area (Å²) in [5.74, 6) is -0.0592. The van der Waals surface area contributed by atoms with E-state index in [-0.39, 0.29) is 5.91 Å². The lowest BCUT2D eigenvalue weighted by Crippen LogP contribution is -2.26. The molecule has 1 aliphatic carbocycles. The van der Waals surface area contributed by atoms with Crippen LogP contribution in [0.25, 0.3) is 5.69 Å². The molecule has 3 N–H and O–H groups in total. The Morgan fingerprint density at radius 1 is 1.21 bits per heavy atom. The monoisotopic (exact) mass is 326 g/mol. The van der Waals surface area contributed by atoms with Gasteiger partial charge in [-0.1, -0.05) is 17.7 Å². The van der Waals surface area contributed by atoms with Gasteiger partial charge in [0.2, 0.25) is 0 Å². The van der Waals surface area contributed by atoms with E-state index in [4.69, 9.17) is 5.73 Å². The van der Waals surface area contributed by atoms with Crippen LogP contribution < -0.4 is 11.1 Å². The van der Waals surface area contributed by atoms with Gasteiger partial charge in [-0.2, -0.15) is 5.10 Å². The van der Waals surface area contributed by atoms with E-state index in [0.29, 0.717) is 18.8 Å². The number of aryl methyl sites for hydroxylation is 1. The summed E-state index contributed by atoms with van der Waals surface area (Å²) < 4.78 is 1.96. The van der Waals surface area contributed by atoms with Gasteiger partial charge in [0.1, 0.15) is 0 Å². The van der Waals surface area contributed by atoms with Crippen LogP contribution in [0.3, 0.4) is 0 Å². The van der Waals surface area contributed by atoms with Crippen LogP contribution in [0.1, 0.15) is 53.0 Å². The molecule has 128 valence electrons. The van der Waals surface area contributed by atoms with Crippen LogP contribution in [0.5, 0.6) is 0 Å². The van der Waals surface area contributed by atoms with Crippen molar-refractivity contribution in [3.8, 4) is 5.69 Å². The van der Waals surface area contributed by atoms with Gasteiger partial charge in [-0.05, 0) is 64.1 Å². The number of nitrogens with zero attached hydrogens (tertiary/aromatic N) is 2. The molecule has 5 nitrogen and oxygen atoms in total. The normalized spacial score (nSPS) is 13.6. The molecule has 2 aromatic rings. The molecule has 0 saturated heterocycles. The number of carbonyl (C=O) groups excluding carboxylic acids is 1. The summed E-state index contributed by atoms with van der Waals surface area (Å²) in [4.78, 5) is 12.6. The third-order valence-corrected chi connectivity index (χ3v) is 4.59.